The molecule has 5 nitrogen and oxygen atoms in total. The highest BCUT2D eigenvalue weighted by atomic mass is 19.1. The average molecular weight is 280 g/mol. The van der Waals surface area contributed by atoms with Gasteiger partial charge < -0.3 is 15.3 Å². The summed E-state index contributed by atoms with van der Waals surface area (Å²) < 4.78 is 13.9. The second-order valence-corrected chi connectivity index (χ2v) is 4.16. The van der Waals surface area contributed by atoms with Gasteiger partial charge >= 0.3 is 5.97 Å². The van der Waals surface area contributed by atoms with Gasteiger partial charge in [-0.15, -0.1) is 0 Å². The number of carbonyl (C=O) groups is 2. The van der Waals surface area contributed by atoms with Gasteiger partial charge in [-0.1, -0.05) is 12.1 Å². The van der Waals surface area contributed by atoms with Gasteiger partial charge in [-0.05, 0) is 19.1 Å². The molecule has 0 saturated carbocycles. The number of amides is 1. The molecule has 1 rings (SSSR count). The van der Waals surface area contributed by atoms with E-state index in [0.29, 0.717) is 12.1 Å². The summed E-state index contributed by atoms with van der Waals surface area (Å²) in [6.07, 6.45) is 2.23. The second kappa shape index (κ2) is 7.28. The Balaban J connectivity index is 3.02. The van der Waals surface area contributed by atoms with Crippen molar-refractivity contribution in [1.29, 1.82) is 0 Å². The van der Waals surface area contributed by atoms with Gasteiger partial charge in [0.25, 0.3) is 0 Å². The van der Waals surface area contributed by atoms with E-state index in [4.69, 9.17) is 5.11 Å². The van der Waals surface area contributed by atoms with Crippen molar-refractivity contribution < 1.29 is 19.1 Å². The summed E-state index contributed by atoms with van der Waals surface area (Å²) in [5.74, 6) is -1.86. The number of nitrogens with one attached hydrogen (secondary N) is 1. The Hall–Kier alpha value is -2.37. The molecule has 0 aliphatic rings. The lowest BCUT2D eigenvalue weighted by Gasteiger charge is -2.21. The quantitative estimate of drug-likeness (QED) is 0.775. The van der Waals surface area contributed by atoms with Crippen LogP contribution in [0.2, 0.25) is 0 Å². The first-order valence-electron chi connectivity index (χ1n) is 6.13. The number of aliphatic carboxylic acids is 1. The molecule has 0 heterocycles. The summed E-state index contributed by atoms with van der Waals surface area (Å²) in [7, 11) is 1.58. The lowest BCUT2D eigenvalue weighted by atomic mass is 10.1. The molecule has 0 radical (unpaired) electrons. The van der Waals surface area contributed by atoms with E-state index < -0.39 is 11.8 Å². The van der Waals surface area contributed by atoms with Crippen LogP contribution in [0.5, 0.6) is 0 Å². The number of hydrogen-bond donors (Lipinski definition) is 2. The van der Waals surface area contributed by atoms with Crippen molar-refractivity contribution in [1.82, 2.24) is 5.32 Å². The second-order valence-electron chi connectivity index (χ2n) is 4.16. The number of hydrogen-bond acceptors (Lipinski definition) is 3. The lowest BCUT2D eigenvalue weighted by Crippen LogP contribution is -2.35. The fourth-order valence-electron chi connectivity index (χ4n) is 1.78. The Morgan fingerprint density at radius 3 is 2.75 bits per heavy atom. The molecule has 0 aliphatic carbocycles. The van der Waals surface area contributed by atoms with Crippen molar-refractivity contribution in [2.45, 2.75) is 6.92 Å². The minimum Gasteiger partial charge on any atom is -0.478 e. The molecule has 6 heteroatoms. The molecule has 1 amide bonds. The molecule has 0 saturated heterocycles. The fourth-order valence-corrected chi connectivity index (χ4v) is 1.78. The SMILES string of the molecule is CCNC(=O)CN(C)c1c(F)cccc1/C=C/C(=O)O. The number of halogens is 1. The van der Waals surface area contributed by atoms with E-state index in [1.54, 1.807) is 20.0 Å². The van der Waals surface area contributed by atoms with Crippen LogP contribution in [0, 0.1) is 5.82 Å². The highest BCUT2D eigenvalue weighted by Crippen LogP contribution is 2.24. The molecule has 0 fully saturated rings. The number of anilines is 1. The van der Waals surface area contributed by atoms with E-state index in [-0.39, 0.29) is 18.1 Å². The number of carbonyl (C=O) groups excluding carboxylic acids is 1. The van der Waals surface area contributed by atoms with Crippen LogP contribution in [0.1, 0.15) is 12.5 Å². The van der Waals surface area contributed by atoms with Crippen LogP contribution in [0.3, 0.4) is 0 Å². The van der Waals surface area contributed by atoms with E-state index in [9.17, 15) is 14.0 Å². The number of nitrogens with zero attached hydrogens (tertiary/aromatic N) is 1. The van der Waals surface area contributed by atoms with Crippen LogP contribution in [-0.2, 0) is 9.59 Å². The van der Waals surface area contributed by atoms with Crippen molar-refractivity contribution in [3.8, 4) is 0 Å². The van der Waals surface area contributed by atoms with Crippen LogP contribution < -0.4 is 10.2 Å². The van der Waals surface area contributed by atoms with E-state index >= 15 is 0 Å². The molecule has 20 heavy (non-hydrogen) atoms. The largest absolute Gasteiger partial charge is 0.478 e. The number of carboxylic acids is 1. The van der Waals surface area contributed by atoms with Crippen molar-refractivity contribution in [3.63, 3.8) is 0 Å². The third kappa shape index (κ3) is 4.38. The van der Waals surface area contributed by atoms with Crippen LogP contribution in [0.4, 0.5) is 10.1 Å². The summed E-state index contributed by atoms with van der Waals surface area (Å²) in [5.41, 5.74) is 0.593. The monoisotopic (exact) mass is 280 g/mol. The van der Waals surface area contributed by atoms with Crippen LogP contribution in [0.15, 0.2) is 24.3 Å². The number of rotatable bonds is 6. The molecule has 2 N–H and O–H groups in total. The molecular formula is C14H17FN2O3. The van der Waals surface area contributed by atoms with Gasteiger partial charge in [-0.25, -0.2) is 9.18 Å². The Labute approximate surface area is 116 Å². The lowest BCUT2D eigenvalue weighted by molar-refractivity contribution is -0.131. The fraction of sp³-hybridized carbons (Fsp3) is 0.286. The van der Waals surface area contributed by atoms with Crippen molar-refractivity contribution >= 4 is 23.6 Å². The molecule has 0 aromatic heterocycles. The van der Waals surface area contributed by atoms with Crippen LogP contribution in [-0.4, -0.2) is 37.1 Å². The number of para-hydroxylation sites is 1. The molecule has 0 spiro atoms. The third-order valence-corrected chi connectivity index (χ3v) is 2.56. The molecule has 0 atom stereocenters. The van der Waals surface area contributed by atoms with Crippen molar-refractivity contribution in [2.24, 2.45) is 0 Å². The van der Waals surface area contributed by atoms with E-state index in [0.717, 1.165) is 6.08 Å². The van der Waals surface area contributed by atoms with E-state index in [1.165, 1.54) is 23.1 Å². The predicted molar refractivity (Wildman–Crippen MR) is 75.0 cm³/mol. The third-order valence-electron chi connectivity index (χ3n) is 2.56. The number of likely N-dealkylation sites (N-methyl/N-ethyl adjacent to an activating group) is 2. The zero-order valence-corrected chi connectivity index (χ0v) is 11.4. The summed E-state index contributed by atoms with van der Waals surface area (Å²) >= 11 is 0. The number of carboxylic acid groups (broad SMARTS) is 1. The number of benzene rings is 1. The Morgan fingerprint density at radius 1 is 1.45 bits per heavy atom. The first-order valence-corrected chi connectivity index (χ1v) is 6.13. The Kier molecular flexibility index (Phi) is 5.71. The zero-order valence-electron chi connectivity index (χ0n) is 11.4. The molecule has 0 unspecified atom stereocenters. The maximum atomic E-state index is 13.9. The highest BCUT2D eigenvalue weighted by molar-refractivity contribution is 5.88. The molecular weight excluding hydrogens is 263 g/mol. The minimum atomic E-state index is -1.12. The van der Waals surface area contributed by atoms with Gasteiger partial charge in [0.15, 0.2) is 0 Å². The summed E-state index contributed by atoms with van der Waals surface area (Å²) in [6, 6.07) is 4.34. The van der Waals surface area contributed by atoms with Crippen LogP contribution in [0.25, 0.3) is 6.08 Å². The first kappa shape index (κ1) is 15.7. The van der Waals surface area contributed by atoms with Crippen LogP contribution >= 0.6 is 0 Å². The van der Waals surface area contributed by atoms with Crippen molar-refractivity contribution in [2.75, 3.05) is 25.0 Å². The highest BCUT2D eigenvalue weighted by Gasteiger charge is 2.14. The molecule has 108 valence electrons. The summed E-state index contributed by atoms with van der Waals surface area (Å²) in [4.78, 5) is 23.5. The summed E-state index contributed by atoms with van der Waals surface area (Å²) in [6.45, 7) is 2.28. The van der Waals surface area contributed by atoms with Gasteiger partial charge in [0.1, 0.15) is 5.82 Å². The smallest absolute Gasteiger partial charge is 0.328 e. The molecule has 0 bridgehead atoms. The van der Waals surface area contributed by atoms with Gasteiger partial charge in [0, 0.05) is 25.2 Å². The Bertz CT molecular complexity index is 529. The minimum absolute atomic E-state index is 0.0112. The standard InChI is InChI=1S/C14H17FN2O3/c1-3-16-12(18)9-17(2)14-10(7-8-13(19)20)5-4-6-11(14)15/h4-8H,3,9H2,1-2H3,(H,16,18)(H,19,20)/b8-7+. The zero-order chi connectivity index (χ0) is 15.1. The maximum absolute atomic E-state index is 13.9. The normalized spacial score (nSPS) is 10.6. The topological polar surface area (TPSA) is 69.6 Å². The maximum Gasteiger partial charge on any atom is 0.328 e. The van der Waals surface area contributed by atoms with Gasteiger partial charge in [0.2, 0.25) is 5.91 Å². The summed E-state index contributed by atoms with van der Waals surface area (Å²) in [5, 5.41) is 11.3. The molecule has 1 aromatic rings. The van der Waals surface area contributed by atoms with Gasteiger partial charge in [-0.3, -0.25) is 4.79 Å². The molecule has 0 aliphatic heterocycles. The van der Waals surface area contributed by atoms with Gasteiger partial charge in [0.05, 0.1) is 12.2 Å². The Morgan fingerprint density at radius 2 is 2.15 bits per heavy atom. The molecule has 1 aromatic carbocycles. The van der Waals surface area contributed by atoms with Crippen molar-refractivity contribution in [3.05, 3.63) is 35.7 Å². The average Bonchev–Trinajstić information content (AvgIpc) is 2.36. The van der Waals surface area contributed by atoms with Gasteiger partial charge in [-0.2, -0.15) is 0 Å². The van der Waals surface area contributed by atoms with E-state index in [1.807, 2.05) is 0 Å². The predicted octanol–water partition coefficient (Wildman–Crippen LogP) is 1.50. The first-order chi connectivity index (χ1) is 9.45. The van der Waals surface area contributed by atoms with E-state index in [2.05, 4.69) is 5.32 Å².